The van der Waals surface area contributed by atoms with E-state index in [-0.39, 0.29) is 5.91 Å². The topological polar surface area (TPSA) is 73.6 Å². The first-order chi connectivity index (χ1) is 9.29. The van der Waals surface area contributed by atoms with Crippen molar-refractivity contribution in [3.63, 3.8) is 0 Å². The Morgan fingerprint density at radius 2 is 1.89 bits per heavy atom. The van der Waals surface area contributed by atoms with Gasteiger partial charge in [-0.05, 0) is 37.1 Å². The van der Waals surface area contributed by atoms with E-state index in [4.69, 9.17) is 15.3 Å². The molecule has 1 aliphatic rings. The second-order valence-electron chi connectivity index (χ2n) is 4.62. The van der Waals surface area contributed by atoms with Crippen LogP contribution in [-0.4, -0.2) is 25.2 Å². The van der Waals surface area contributed by atoms with Gasteiger partial charge in [-0.15, -0.1) is 0 Å². The molecule has 0 bridgehead atoms. The van der Waals surface area contributed by atoms with Crippen LogP contribution in [0.1, 0.15) is 36.0 Å². The molecule has 0 heterocycles. The number of benzene rings is 1. The highest BCUT2D eigenvalue weighted by Crippen LogP contribution is 2.20. The summed E-state index contributed by atoms with van der Waals surface area (Å²) in [6.07, 6.45) is 5.30. The van der Waals surface area contributed by atoms with Crippen LogP contribution in [0.3, 0.4) is 0 Å². The lowest BCUT2D eigenvalue weighted by atomic mass is 10.2. The second kappa shape index (κ2) is 7.11. The highest BCUT2D eigenvalue weighted by Gasteiger charge is 2.14. The summed E-state index contributed by atoms with van der Waals surface area (Å²) in [5.41, 5.74) is 2.60. The lowest BCUT2D eigenvalue weighted by Gasteiger charge is -2.11. The standard InChI is InChI=1S/C14H20N2O3/c15-16-14(17)11-5-7-13(8-6-11)19-10-9-18-12-3-1-2-4-12/h5-8,12H,1-4,9-10,15H2,(H,16,17). The quantitative estimate of drug-likeness (QED) is 0.354. The van der Waals surface area contributed by atoms with E-state index in [9.17, 15) is 4.79 Å². The largest absolute Gasteiger partial charge is 0.491 e. The first-order valence-electron chi connectivity index (χ1n) is 6.65. The van der Waals surface area contributed by atoms with Gasteiger partial charge in [-0.1, -0.05) is 12.8 Å². The number of ether oxygens (including phenoxy) is 2. The smallest absolute Gasteiger partial charge is 0.265 e. The molecule has 1 fully saturated rings. The molecule has 5 nitrogen and oxygen atoms in total. The van der Waals surface area contributed by atoms with E-state index in [1.165, 1.54) is 25.7 Å². The molecule has 0 aliphatic heterocycles. The number of hydrazine groups is 1. The summed E-state index contributed by atoms with van der Waals surface area (Å²) in [5.74, 6) is 5.47. The van der Waals surface area contributed by atoms with Gasteiger partial charge in [0.2, 0.25) is 0 Å². The summed E-state index contributed by atoms with van der Waals surface area (Å²) >= 11 is 0. The number of carbonyl (C=O) groups is 1. The van der Waals surface area contributed by atoms with Gasteiger partial charge in [-0.25, -0.2) is 5.84 Å². The highest BCUT2D eigenvalue weighted by molar-refractivity contribution is 5.93. The minimum Gasteiger partial charge on any atom is -0.491 e. The van der Waals surface area contributed by atoms with E-state index in [0.717, 1.165) is 5.75 Å². The predicted octanol–water partition coefficient (Wildman–Crippen LogP) is 1.63. The minimum atomic E-state index is -0.309. The van der Waals surface area contributed by atoms with Crippen LogP contribution in [0, 0.1) is 0 Å². The minimum absolute atomic E-state index is 0.309. The molecule has 2 rings (SSSR count). The van der Waals surface area contributed by atoms with Crippen LogP contribution in [0.4, 0.5) is 0 Å². The molecular weight excluding hydrogens is 244 g/mol. The van der Waals surface area contributed by atoms with Crippen LogP contribution in [0.2, 0.25) is 0 Å². The summed E-state index contributed by atoms with van der Waals surface area (Å²) in [5, 5.41) is 0. The summed E-state index contributed by atoms with van der Waals surface area (Å²) < 4.78 is 11.2. The Balaban J connectivity index is 1.69. The maximum atomic E-state index is 11.2. The van der Waals surface area contributed by atoms with Gasteiger partial charge in [0.1, 0.15) is 12.4 Å². The molecule has 5 heteroatoms. The Hall–Kier alpha value is -1.59. The molecule has 3 N–H and O–H groups in total. The fraction of sp³-hybridized carbons (Fsp3) is 0.500. The third kappa shape index (κ3) is 4.22. The molecular formula is C14H20N2O3. The van der Waals surface area contributed by atoms with Gasteiger partial charge in [0.25, 0.3) is 5.91 Å². The highest BCUT2D eigenvalue weighted by atomic mass is 16.5. The number of hydrogen-bond donors (Lipinski definition) is 2. The van der Waals surface area contributed by atoms with Gasteiger partial charge < -0.3 is 9.47 Å². The average molecular weight is 264 g/mol. The van der Waals surface area contributed by atoms with Crippen molar-refractivity contribution >= 4 is 5.91 Å². The van der Waals surface area contributed by atoms with Crippen molar-refractivity contribution in [1.29, 1.82) is 0 Å². The lowest BCUT2D eigenvalue weighted by molar-refractivity contribution is 0.0382. The van der Waals surface area contributed by atoms with E-state index in [2.05, 4.69) is 5.43 Å². The fourth-order valence-corrected chi connectivity index (χ4v) is 2.22. The van der Waals surface area contributed by atoms with Crippen LogP contribution < -0.4 is 16.0 Å². The molecule has 0 saturated heterocycles. The molecule has 1 amide bonds. The van der Waals surface area contributed by atoms with Crippen molar-refractivity contribution in [2.24, 2.45) is 5.84 Å². The summed E-state index contributed by atoms with van der Waals surface area (Å²) in [6, 6.07) is 6.85. The average Bonchev–Trinajstić information content (AvgIpc) is 2.96. The van der Waals surface area contributed by atoms with Crippen LogP contribution in [0.5, 0.6) is 5.75 Å². The van der Waals surface area contributed by atoms with E-state index in [1.807, 2.05) is 0 Å². The maximum absolute atomic E-state index is 11.2. The van der Waals surface area contributed by atoms with Gasteiger partial charge in [0, 0.05) is 5.56 Å². The van der Waals surface area contributed by atoms with Gasteiger partial charge in [-0.3, -0.25) is 10.2 Å². The normalized spacial score (nSPS) is 15.4. The van der Waals surface area contributed by atoms with Gasteiger partial charge in [0.15, 0.2) is 0 Å². The van der Waals surface area contributed by atoms with E-state index in [1.54, 1.807) is 24.3 Å². The van der Waals surface area contributed by atoms with Crippen LogP contribution in [0.25, 0.3) is 0 Å². The van der Waals surface area contributed by atoms with Crippen LogP contribution in [-0.2, 0) is 4.74 Å². The monoisotopic (exact) mass is 264 g/mol. The third-order valence-corrected chi connectivity index (χ3v) is 3.26. The van der Waals surface area contributed by atoms with Gasteiger partial charge >= 0.3 is 0 Å². The van der Waals surface area contributed by atoms with Gasteiger partial charge in [0.05, 0.1) is 12.7 Å². The number of rotatable bonds is 6. The number of nitrogens with one attached hydrogen (secondary N) is 1. The molecule has 0 spiro atoms. The SMILES string of the molecule is NNC(=O)c1ccc(OCCOC2CCCC2)cc1. The molecule has 0 aromatic heterocycles. The van der Waals surface area contributed by atoms with Crippen molar-refractivity contribution in [3.05, 3.63) is 29.8 Å². The number of hydrogen-bond acceptors (Lipinski definition) is 4. The second-order valence-corrected chi connectivity index (χ2v) is 4.62. The Bertz CT molecular complexity index is 400. The number of carbonyl (C=O) groups excluding carboxylic acids is 1. The number of amides is 1. The zero-order chi connectivity index (χ0) is 13.5. The predicted molar refractivity (Wildman–Crippen MR) is 71.8 cm³/mol. The Morgan fingerprint density at radius 3 is 2.53 bits per heavy atom. The first kappa shape index (κ1) is 13.8. The fourth-order valence-electron chi connectivity index (χ4n) is 2.22. The molecule has 0 atom stereocenters. The summed E-state index contributed by atoms with van der Waals surface area (Å²) in [7, 11) is 0. The molecule has 1 aromatic carbocycles. The maximum Gasteiger partial charge on any atom is 0.265 e. The molecule has 0 unspecified atom stereocenters. The van der Waals surface area contributed by atoms with Crippen LogP contribution >= 0.6 is 0 Å². The third-order valence-electron chi connectivity index (χ3n) is 3.26. The Morgan fingerprint density at radius 1 is 1.21 bits per heavy atom. The molecule has 1 aliphatic carbocycles. The van der Waals surface area contributed by atoms with E-state index >= 15 is 0 Å². The Labute approximate surface area is 113 Å². The van der Waals surface area contributed by atoms with Crippen molar-refractivity contribution in [2.75, 3.05) is 13.2 Å². The Kier molecular flexibility index (Phi) is 5.18. The molecule has 104 valence electrons. The molecule has 0 radical (unpaired) electrons. The summed E-state index contributed by atoms with van der Waals surface area (Å²) in [6.45, 7) is 1.13. The molecule has 1 aromatic rings. The lowest BCUT2D eigenvalue weighted by Crippen LogP contribution is -2.29. The van der Waals surface area contributed by atoms with Crippen molar-refractivity contribution in [2.45, 2.75) is 31.8 Å². The van der Waals surface area contributed by atoms with Crippen molar-refractivity contribution < 1.29 is 14.3 Å². The molecule has 19 heavy (non-hydrogen) atoms. The van der Waals surface area contributed by atoms with E-state index < -0.39 is 0 Å². The summed E-state index contributed by atoms with van der Waals surface area (Å²) in [4.78, 5) is 11.2. The van der Waals surface area contributed by atoms with Crippen molar-refractivity contribution in [3.8, 4) is 5.75 Å². The first-order valence-corrected chi connectivity index (χ1v) is 6.65. The van der Waals surface area contributed by atoms with Gasteiger partial charge in [-0.2, -0.15) is 0 Å². The zero-order valence-electron chi connectivity index (χ0n) is 10.9. The van der Waals surface area contributed by atoms with Crippen molar-refractivity contribution in [1.82, 2.24) is 5.43 Å². The number of nitrogens with two attached hydrogens (primary N) is 1. The molecule has 1 saturated carbocycles. The van der Waals surface area contributed by atoms with E-state index in [0.29, 0.717) is 24.9 Å². The zero-order valence-corrected chi connectivity index (χ0v) is 10.9. The van der Waals surface area contributed by atoms with Crippen LogP contribution in [0.15, 0.2) is 24.3 Å². The number of nitrogen functional groups attached to an aromatic ring is 1.